The minimum absolute atomic E-state index is 0.118. The van der Waals surface area contributed by atoms with E-state index in [1.54, 1.807) is 0 Å². The van der Waals surface area contributed by atoms with Crippen LogP contribution in [0.3, 0.4) is 0 Å². The molecule has 0 spiro atoms. The van der Waals surface area contributed by atoms with Crippen molar-refractivity contribution in [2.75, 3.05) is 7.11 Å². The van der Waals surface area contributed by atoms with E-state index in [2.05, 4.69) is 10.2 Å². The molecule has 1 aromatic heterocycles. The van der Waals surface area contributed by atoms with Gasteiger partial charge in [-0.3, -0.25) is 9.59 Å². The van der Waals surface area contributed by atoms with Gasteiger partial charge in [0.2, 0.25) is 5.88 Å². The summed E-state index contributed by atoms with van der Waals surface area (Å²) in [4.78, 5) is 22.9. The summed E-state index contributed by atoms with van der Waals surface area (Å²) >= 11 is 0. The minimum atomic E-state index is -0.512. The smallest absolute Gasteiger partial charge is 0.265 e. The molecule has 0 amide bonds. The van der Waals surface area contributed by atoms with Crippen molar-refractivity contribution < 1.29 is 13.9 Å². The number of nitrogens with zero attached hydrogens (tertiary/aromatic N) is 1. The Hall–Kier alpha value is -2.50. The number of hydrogen-bond donors (Lipinski definition) is 1. The van der Waals surface area contributed by atoms with Crippen LogP contribution >= 0.6 is 0 Å². The Kier molecular flexibility index (Phi) is 3.41. The number of carbonyl (C=O) groups excluding carboxylic acids is 1. The number of halogens is 1. The predicted molar refractivity (Wildman–Crippen MR) is 66.8 cm³/mol. The van der Waals surface area contributed by atoms with Crippen molar-refractivity contribution in [2.45, 2.75) is 6.92 Å². The normalized spacial score (nSPS) is 10.3. The lowest BCUT2D eigenvalue weighted by atomic mass is 9.98. The molecule has 0 aliphatic rings. The highest BCUT2D eigenvalue weighted by atomic mass is 19.1. The van der Waals surface area contributed by atoms with Gasteiger partial charge in [0.15, 0.2) is 5.78 Å². The van der Waals surface area contributed by atoms with Crippen LogP contribution in [0.15, 0.2) is 29.1 Å². The monoisotopic (exact) mass is 262 g/mol. The summed E-state index contributed by atoms with van der Waals surface area (Å²) in [7, 11) is 1.37. The fourth-order valence-electron chi connectivity index (χ4n) is 1.79. The quantitative estimate of drug-likeness (QED) is 0.856. The summed E-state index contributed by atoms with van der Waals surface area (Å²) in [5, 5.41) is 5.92. The van der Waals surface area contributed by atoms with Gasteiger partial charge in [-0.1, -0.05) is 0 Å². The van der Waals surface area contributed by atoms with Crippen molar-refractivity contribution >= 4 is 5.78 Å². The van der Waals surface area contributed by atoms with Crippen molar-refractivity contribution in [3.63, 3.8) is 0 Å². The molecule has 5 nitrogen and oxygen atoms in total. The Morgan fingerprint density at radius 3 is 2.68 bits per heavy atom. The summed E-state index contributed by atoms with van der Waals surface area (Å²) in [6.45, 7) is 1.36. The topological polar surface area (TPSA) is 72.0 Å². The van der Waals surface area contributed by atoms with E-state index < -0.39 is 11.4 Å². The Bertz CT molecular complexity index is 695. The van der Waals surface area contributed by atoms with Gasteiger partial charge in [0.1, 0.15) is 5.82 Å². The molecule has 2 aromatic rings. The van der Waals surface area contributed by atoms with E-state index in [1.807, 2.05) is 0 Å². The number of benzene rings is 1. The summed E-state index contributed by atoms with van der Waals surface area (Å²) in [5.74, 6) is -0.632. The fraction of sp³-hybridized carbons (Fsp3) is 0.154. The largest absolute Gasteiger partial charge is 0.480 e. The number of Topliss-reactive ketones (excluding diaryl/α,β-unsaturated/α-hetero) is 1. The molecule has 98 valence electrons. The van der Waals surface area contributed by atoms with Crippen LogP contribution in [0.5, 0.6) is 5.88 Å². The van der Waals surface area contributed by atoms with Crippen LogP contribution in [-0.4, -0.2) is 23.1 Å². The Morgan fingerprint density at radius 1 is 1.32 bits per heavy atom. The first-order valence-corrected chi connectivity index (χ1v) is 5.47. The third kappa shape index (κ3) is 2.52. The third-order valence-electron chi connectivity index (χ3n) is 2.62. The Morgan fingerprint density at radius 2 is 2.05 bits per heavy atom. The maximum absolute atomic E-state index is 13.4. The zero-order chi connectivity index (χ0) is 14.0. The second kappa shape index (κ2) is 5.01. The van der Waals surface area contributed by atoms with Gasteiger partial charge in [0, 0.05) is 17.2 Å². The lowest BCUT2D eigenvalue weighted by Gasteiger charge is -2.10. The van der Waals surface area contributed by atoms with Crippen molar-refractivity contribution in [3.8, 4) is 17.0 Å². The number of aromatic nitrogens is 2. The molecule has 0 aliphatic carbocycles. The lowest BCUT2D eigenvalue weighted by Crippen LogP contribution is -2.09. The Labute approximate surface area is 108 Å². The van der Waals surface area contributed by atoms with Crippen LogP contribution in [-0.2, 0) is 0 Å². The van der Waals surface area contributed by atoms with E-state index in [4.69, 9.17) is 4.74 Å². The highest BCUT2D eigenvalue weighted by molar-refractivity contribution is 6.01. The number of nitrogens with one attached hydrogen (secondary N) is 1. The highest BCUT2D eigenvalue weighted by Gasteiger charge is 2.16. The SMILES string of the molecule is COc1n[nH]c(=O)cc1-c1cc(F)ccc1C(C)=O. The maximum Gasteiger partial charge on any atom is 0.265 e. The summed E-state index contributed by atoms with van der Waals surface area (Å²) in [6, 6.07) is 4.95. The van der Waals surface area contributed by atoms with Gasteiger partial charge in [0.25, 0.3) is 5.56 Å². The zero-order valence-corrected chi connectivity index (χ0v) is 10.4. The molecule has 0 bridgehead atoms. The summed E-state index contributed by atoms with van der Waals surface area (Å²) in [6.07, 6.45) is 0. The molecule has 0 unspecified atom stereocenters. The van der Waals surface area contributed by atoms with Crippen LogP contribution < -0.4 is 10.3 Å². The molecule has 6 heteroatoms. The molecule has 19 heavy (non-hydrogen) atoms. The molecule has 0 atom stereocenters. The second-order valence-corrected chi connectivity index (χ2v) is 3.90. The van der Waals surface area contributed by atoms with E-state index in [1.165, 1.54) is 38.3 Å². The van der Waals surface area contributed by atoms with Gasteiger partial charge in [0.05, 0.1) is 12.7 Å². The van der Waals surface area contributed by atoms with Crippen molar-refractivity contribution in [3.05, 3.63) is 46.0 Å². The van der Waals surface area contributed by atoms with E-state index >= 15 is 0 Å². The van der Waals surface area contributed by atoms with Crippen LogP contribution in [0.2, 0.25) is 0 Å². The van der Waals surface area contributed by atoms with Crippen molar-refractivity contribution in [1.82, 2.24) is 10.2 Å². The molecule has 0 aliphatic heterocycles. The molecule has 0 saturated heterocycles. The van der Waals surface area contributed by atoms with Gasteiger partial charge in [-0.05, 0) is 25.1 Å². The predicted octanol–water partition coefficient (Wildman–Crippen LogP) is 1.79. The zero-order valence-electron chi connectivity index (χ0n) is 10.4. The minimum Gasteiger partial charge on any atom is -0.480 e. The van der Waals surface area contributed by atoms with Crippen molar-refractivity contribution in [2.24, 2.45) is 0 Å². The van der Waals surface area contributed by atoms with Crippen LogP contribution in [0.25, 0.3) is 11.1 Å². The summed E-state index contributed by atoms with van der Waals surface area (Å²) < 4.78 is 18.4. The number of ketones is 1. The first kappa shape index (κ1) is 12.9. The van der Waals surface area contributed by atoms with Crippen LogP contribution in [0.4, 0.5) is 4.39 Å². The molecule has 1 N–H and O–H groups in total. The molecule has 0 fully saturated rings. The molecule has 1 heterocycles. The molecule has 1 aromatic carbocycles. The standard InChI is InChI=1S/C13H11FN2O3/c1-7(17)9-4-3-8(14)5-10(9)11-6-12(18)15-16-13(11)19-2/h3-6H,1-2H3,(H,15,18). The van der Waals surface area contributed by atoms with Gasteiger partial charge in [-0.2, -0.15) is 0 Å². The second-order valence-electron chi connectivity index (χ2n) is 3.90. The highest BCUT2D eigenvalue weighted by Crippen LogP contribution is 2.30. The number of carbonyl (C=O) groups is 1. The van der Waals surface area contributed by atoms with Crippen LogP contribution in [0.1, 0.15) is 17.3 Å². The lowest BCUT2D eigenvalue weighted by molar-refractivity contribution is 0.101. The fourth-order valence-corrected chi connectivity index (χ4v) is 1.79. The number of H-pyrrole nitrogens is 1. The maximum atomic E-state index is 13.4. The van der Waals surface area contributed by atoms with E-state index in [0.717, 1.165) is 0 Å². The van der Waals surface area contributed by atoms with Crippen LogP contribution in [0, 0.1) is 5.82 Å². The average molecular weight is 262 g/mol. The van der Waals surface area contributed by atoms with E-state index in [0.29, 0.717) is 5.56 Å². The van der Waals surface area contributed by atoms with E-state index in [-0.39, 0.29) is 22.8 Å². The molecule has 2 rings (SSSR count). The summed E-state index contributed by atoms with van der Waals surface area (Å²) in [5.41, 5.74) is 0.389. The molecular formula is C13H11FN2O3. The Balaban J connectivity index is 2.77. The third-order valence-corrected chi connectivity index (χ3v) is 2.62. The van der Waals surface area contributed by atoms with Gasteiger partial charge in [-0.15, -0.1) is 5.10 Å². The number of ether oxygens (including phenoxy) is 1. The van der Waals surface area contributed by atoms with E-state index in [9.17, 15) is 14.0 Å². The molecule has 0 saturated carbocycles. The first-order valence-electron chi connectivity index (χ1n) is 5.47. The molecular weight excluding hydrogens is 251 g/mol. The number of methoxy groups -OCH3 is 1. The average Bonchev–Trinajstić information content (AvgIpc) is 2.38. The number of rotatable bonds is 3. The molecule has 0 radical (unpaired) electrons. The number of hydrogen-bond acceptors (Lipinski definition) is 4. The first-order chi connectivity index (χ1) is 9.02. The van der Waals surface area contributed by atoms with Crippen molar-refractivity contribution in [1.29, 1.82) is 0 Å². The number of aromatic amines is 1. The van der Waals surface area contributed by atoms with Gasteiger partial charge in [-0.25, -0.2) is 9.49 Å². The van der Waals surface area contributed by atoms with Gasteiger partial charge >= 0.3 is 0 Å². The van der Waals surface area contributed by atoms with Gasteiger partial charge < -0.3 is 4.74 Å².